The minimum Gasteiger partial charge on any atom is -0.399 e. The number of rotatable bonds is 4. The van der Waals surface area contributed by atoms with Gasteiger partial charge in [-0.05, 0) is 42.5 Å². The summed E-state index contributed by atoms with van der Waals surface area (Å²) in [5.41, 5.74) is 15.1. The highest BCUT2D eigenvalue weighted by molar-refractivity contribution is 5.55. The average Bonchev–Trinajstić information content (AvgIpc) is 2.40. The number of azo groups is 1. The monoisotopic (exact) mass is 256 g/mol. The van der Waals surface area contributed by atoms with Gasteiger partial charge in [-0.3, -0.25) is 0 Å². The zero-order chi connectivity index (χ0) is 13.7. The first-order valence-corrected chi connectivity index (χ1v) is 5.83. The van der Waals surface area contributed by atoms with E-state index in [1.807, 2.05) is 24.3 Å². The first-order valence-electron chi connectivity index (χ1n) is 5.83. The minimum absolute atomic E-state index is 0.446. The molecule has 4 N–H and O–H groups in total. The standard InChI is InChI=1S/C14H16N4O/c1-19-9-10-8-12(16)4-7-14(10)18-17-13-5-2-11(15)3-6-13/h2-8H,9,15-16H2,1H3/b18-17+. The van der Waals surface area contributed by atoms with E-state index in [0.29, 0.717) is 18.0 Å². The third-order valence-corrected chi connectivity index (χ3v) is 2.57. The molecular formula is C14H16N4O. The topological polar surface area (TPSA) is 86.0 Å². The lowest BCUT2D eigenvalue weighted by Gasteiger charge is -2.04. The molecule has 5 nitrogen and oxygen atoms in total. The van der Waals surface area contributed by atoms with Crippen molar-refractivity contribution in [2.45, 2.75) is 6.61 Å². The van der Waals surface area contributed by atoms with Crippen LogP contribution in [0.25, 0.3) is 0 Å². The van der Waals surface area contributed by atoms with Crippen molar-refractivity contribution in [2.75, 3.05) is 18.6 Å². The zero-order valence-corrected chi connectivity index (χ0v) is 10.7. The normalized spacial score (nSPS) is 11.0. The van der Waals surface area contributed by atoms with Crippen molar-refractivity contribution in [3.8, 4) is 0 Å². The largest absolute Gasteiger partial charge is 0.399 e. The molecule has 0 heterocycles. The minimum atomic E-state index is 0.446. The van der Waals surface area contributed by atoms with Crippen molar-refractivity contribution in [2.24, 2.45) is 10.2 Å². The van der Waals surface area contributed by atoms with Crippen LogP contribution in [0.2, 0.25) is 0 Å². The van der Waals surface area contributed by atoms with E-state index in [1.54, 1.807) is 25.3 Å². The maximum absolute atomic E-state index is 5.74. The Balaban J connectivity index is 2.24. The number of methoxy groups -OCH3 is 1. The molecule has 0 spiro atoms. The SMILES string of the molecule is COCc1cc(N)ccc1/N=N/c1ccc(N)cc1. The fraction of sp³-hybridized carbons (Fsp3) is 0.143. The number of benzene rings is 2. The fourth-order valence-corrected chi connectivity index (χ4v) is 1.63. The molecule has 0 amide bonds. The maximum atomic E-state index is 5.74. The van der Waals surface area contributed by atoms with Gasteiger partial charge in [-0.1, -0.05) is 0 Å². The van der Waals surface area contributed by atoms with Gasteiger partial charge in [0.05, 0.1) is 18.0 Å². The molecule has 0 aliphatic rings. The molecule has 5 heteroatoms. The Labute approximate surface area is 111 Å². The van der Waals surface area contributed by atoms with Gasteiger partial charge in [0.15, 0.2) is 0 Å². The van der Waals surface area contributed by atoms with Gasteiger partial charge in [0.1, 0.15) is 0 Å². The summed E-state index contributed by atoms with van der Waals surface area (Å²) < 4.78 is 5.12. The second-order valence-corrected chi connectivity index (χ2v) is 4.11. The van der Waals surface area contributed by atoms with Crippen molar-refractivity contribution in [1.29, 1.82) is 0 Å². The lowest BCUT2D eigenvalue weighted by Crippen LogP contribution is -1.91. The highest BCUT2D eigenvalue weighted by Crippen LogP contribution is 2.25. The summed E-state index contributed by atoms with van der Waals surface area (Å²) in [4.78, 5) is 0. The predicted molar refractivity (Wildman–Crippen MR) is 76.6 cm³/mol. The number of nitrogens with zero attached hydrogens (tertiary/aromatic N) is 2. The van der Waals surface area contributed by atoms with Gasteiger partial charge in [-0.2, -0.15) is 10.2 Å². The van der Waals surface area contributed by atoms with Gasteiger partial charge in [-0.15, -0.1) is 0 Å². The van der Waals surface area contributed by atoms with Crippen LogP contribution in [0.3, 0.4) is 0 Å². The second kappa shape index (κ2) is 5.97. The first-order chi connectivity index (χ1) is 9.19. The van der Waals surface area contributed by atoms with E-state index in [0.717, 1.165) is 16.9 Å². The van der Waals surface area contributed by atoms with Crippen LogP contribution < -0.4 is 11.5 Å². The summed E-state index contributed by atoms with van der Waals surface area (Å²) in [6.07, 6.45) is 0. The predicted octanol–water partition coefficient (Wildman–Crippen LogP) is 3.41. The molecule has 0 aliphatic heterocycles. The Bertz CT molecular complexity index is 578. The summed E-state index contributed by atoms with van der Waals surface area (Å²) in [6, 6.07) is 12.6. The van der Waals surface area contributed by atoms with E-state index in [4.69, 9.17) is 16.2 Å². The molecule has 0 radical (unpaired) electrons. The van der Waals surface area contributed by atoms with Crippen molar-refractivity contribution in [3.63, 3.8) is 0 Å². The highest BCUT2D eigenvalue weighted by atomic mass is 16.5. The van der Waals surface area contributed by atoms with Crippen molar-refractivity contribution < 1.29 is 4.74 Å². The van der Waals surface area contributed by atoms with Crippen LogP contribution in [0.15, 0.2) is 52.7 Å². The molecule has 2 rings (SSSR count). The molecule has 2 aromatic carbocycles. The molecule has 2 aromatic rings. The van der Waals surface area contributed by atoms with Gasteiger partial charge >= 0.3 is 0 Å². The Morgan fingerprint density at radius 3 is 2.32 bits per heavy atom. The fourth-order valence-electron chi connectivity index (χ4n) is 1.63. The van der Waals surface area contributed by atoms with Gasteiger partial charge in [-0.25, -0.2) is 0 Å². The number of nitrogens with two attached hydrogens (primary N) is 2. The number of ether oxygens (including phenoxy) is 1. The average molecular weight is 256 g/mol. The molecule has 0 bridgehead atoms. The third kappa shape index (κ3) is 3.53. The molecule has 0 aliphatic carbocycles. The smallest absolute Gasteiger partial charge is 0.0913 e. The summed E-state index contributed by atoms with van der Waals surface area (Å²) >= 11 is 0. The van der Waals surface area contributed by atoms with Gasteiger partial charge in [0, 0.05) is 24.0 Å². The molecular weight excluding hydrogens is 240 g/mol. The Morgan fingerprint density at radius 1 is 0.947 bits per heavy atom. The number of hydrogen-bond donors (Lipinski definition) is 2. The highest BCUT2D eigenvalue weighted by Gasteiger charge is 2.02. The van der Waals surface area contributed by atoms with Crippen LogP contribution in [0.1, 0.15) is 5.56 Å². The lowest BCUT2D eigenvalue weighted by molar-refractivity contribution is 0.185. The summed E-state index contributed by atoms with van der Waals surface area (Å²) in [5.74, 6) is 0. The van der Waals surface area contributed by atoms with Crippen molar-refractivity contribution in [3.05, 3.63) is 48.0 Å². The molecule has 0 saturated heterocycles. The van der Waals surface area contributed by atoms with E-state index in [1.165, 1.54) is 0 Å². The number of hydrogen-bond acceptors (Lipinski definition) is 5. The maximum Gasteiger partial charge on any atom is 0.0913 e. The Hall–Kier alpha value is -2.40. The summed E-state index contributed by atoms with van der Waals surface area (Å²) in [5, 5.41) is 8.38. The van der Waals surface area contributed by atoms with Crippen molar-refractivity contribution >= 4 is 22.7 Å². The lowest BCUT2D eigenvalue weighted by atomic mass is 10.2. The van der Waals surface area contributed by atoms with Gasteiger partial charge in [0.25, 0.3) is 0 Å². The van der Waals surface area contributed by atoms with Crippen LogP contribution in [0.5, 0.6) is 0 Å². The van der Waals surface area contributed by atoms with Crippen LogP contribution in [-0.2, 0) is 11.3 Å². The van der Waals surface area contributed by atoms with E-state index >= 15 is 0 Å². The Morgan fingerprint density at radius 2 is 1.63 bits per heavy atom. The van der Waals surface area contributed by atoms with Crippen molar-refractivity contribution in [1.82, 2.24) is 0 Å². The van der Waals surface area contributed by atoms with Gasteiger partial charge in [0.2, 0.25) is 0 Å². The van der Waals surface area contributed by atoms with Crippen LogP contribution in [0, 0.1) is 0 Å². The quantitative estimate of drug-likeness (QED) is 0.649. The van der Waals surface area contributed by atoms with E-state index < -0.39 is 0 Å². The van der Waals surface area contributed by atoms with E-state index in [2.05, 4.69) is 10.2 Å². The Kier molecular flexibility index (Phi) is 4.10. The second-order valence-electron chi connectivity index (χ2n) is 4.11. The summed E-state index contributed by atoms with van der Waals surface area (Å²) in [7, 11) is 1.63. The first kappa shape index (κ1) is 13.0. The molecule has 0 fully saturated rings. The zero-order valence-electron chi connectivity index (χ0n) is 10.7. The molecule has 0 aromatic heterocycles. The van der Waals surface area contributed by atoms with Crippen LogP contribution >= 0.6 is 0 Å². The van der Waals surface area contributed by atoms with Gasteiger partial charge < -0.3 is 16.2 Å². The molecule has 0 atom stereocenters. The van der Waals surface area contributed by atoms with E-state index in [-0.39, 0.29) is 0 Å². The summed E-state index contributed by atoms with van der Waals surface area (Å²) in [6.45, 7) is 0.446. The molecule has 19 heavy (non-hydrogen) atoms. The number of nitrogen functional groups attached to an aromatic ring is 2. The third-order valence-electron chi connectivity index (χ3n) is 2.57. The molecule has 98 valence electrons. The van der Waals surface area contributed by atoms with Crippen LogP contribution in [-0.4, -0.2) is 7.11 Å². The number of anilines is 2. The van der Waals surface area contributed by atoms with E-state index in [9.17, 15) is 0 Å². The molecule has 0 unspecified atom stereocenters. The van der Waals surface area contributed by atoms with Crippen LogP contribution in [0.4, 0.5) is 22.7 Å². The molecule has 0 saturated carbocycles.